The number of pyridine rings is 1. The van der Waals surface area contributed by atoms with Gasteiger partial charge in [-0.05, 0) is 36.4 Å². The van der Waals surface area contributed by atoms with Gasteiger partial charge in [0.1, 0.15) is 16.5 Å². The van der Waals surface area contributed by atoms with Gasteiger partial charge in [0.25, 0.3) is 0 Å². The van der Waals surface area contributed by atoms with Gasteiger partial charge in [-0.3, -0.25) is 9.88 Å². The van der Waals surface area contributed by atoms with Crippen molar-refractivity contribution in [2.45, 2.75) is 11.4 Å². The van der Waals surface area contributed by atoms with Crippen LogP contribution in [-0.4, -0.2) is 55.9 Å². The fourth-order valence-corrected chi connectivity index (χ4v) is 5.82. The summed E-state index contributed by atoms with van der Waals surface area (Å²) in [6, 6.07) is 10.6. The number of benzene rings is 2. The molecule has 1 aliphatic rings. The average Bonchev–Trinajstić information content (AvgIpc) is 2.73. The molecule has 0 spiro atoms. The number of rotatable bonds is 5. The van der Waals surface area contributed by atoms with E-state index in [1.165, 1.54) is 41.7 Å². The molecule has 0 unspecified atom stereocenters. The molecule has 0 N–H and O–H groups in total. The number of fused-ring (bicyclic) bond motifs is 1. The van der Waals surface area contributed by atoms with E-state index in [1.54, 1.807) is 12.1 Å². The molecule has 0 aliphatic carbocycles. The van der Waals surface area contributed by atoms with Crippen LogP contribution in [0.3, 0.4) is 0 Å². The molecule has 1 aliphatic heterocycles. The second-order valence-electron chi connectivity index (χ2n) is 7.23. The Kier molecular flexibility index (Phi) is 6.37. The number of methoxy groups -OCH3 is 1. The Hall–Kier alpha value is -1.97. The molecule has 2 heterocycles. The Labute approximate surface area is 190 Å². The summed E-state index contributed by atoms with van der Waals surface area (Å²) in [6.07, 6.45) is 0. The molecule has 0 atom stereocenters. The average molecular weight is 484 g/mol. The van der Waals surface area contributed by atoms with Crippen LogP contribution in [0.25, 0.3) is 10.9 Å². The van der Waals surface area contributed by atoms with Crippen LogP contribution < -0.4 is 4.74 Å². The van der Waals surface area contributed by atoms with E-state index in [0.717, 1.165) is 5.69 Å². The number of halogens is 3. The SMILES string of the molecule is COc1cc(CN2CCN(S(=O)(=O)c3ccc(Cl)cc3Cl)CC2)nc2ccc(F)cc12. The molecular weight excluding hydrogens is 464 g/mol. The highest BCUT2D eigenvalue weighted by molar-refractivity contribution is 7.89. The minimum absolute atomic E-state index is 0.0557. The number of hydrogen-bond donors (Lipinski definition) is 0. The third-order valence-corrected chi connectivity index (χ3v) is 7.85. The van der Waals surface area contributed by atoms with Crippen molar-refractivity contribution in [1.29, 1.82) is 0 Å². The van der Waals surface area contributed by atoms with Crippen molar-refractivity contribution in [2.75, 3.05) is 33.3 Å². The number of hydrogen-bond acceptors (Lipinski definition) is 5. The quantitative estimate of drug-likeness (QED) is 0.544. The van der Waals surface area contributed by atoms with Gasteiger partial charge in [-0.15, -0.1) is 0 Å². The van der Waals surface area contributed by atoms with E-state index in [4.69, 9.17) is 27.9 Å². The lowest BCUT2D eigenvalue weighted by Crippen LogP contribution is -2.48. The fourth-order valence-electron chi connectivity index (χ4n) is 3.65. The molecule has 3 aromatic rings. The lowest BCUT2D eigenvalue weighted by molar-refractivity contribution is 0.180. The van der Waals surface area contributed by atoms with E-state index >= 15 is 0 Å². The zero-order chi connectivity index (χ0) is 22.2. The largest absolute Gasteiger partial charge is 0.496 e. The van der Waals surface area contributed by atoms with Gasteiger partial charge in [0, 0.05) is 49.2 Å². The molecule has 1 aromatic heterocycles. The van der Waals surface area contributed by atoms with Gasteiger partial charge < -0.3 is 4.74 Å². The summed E-state index contributed by atoms with van der Waals surface area (Å²) in [6.45, 7) is 2.26. The first kappa shape index (κ1) is 22.2. The van der Waals surface area contributed by atoms with E-state index < -0.39 is 10.0 Å². The van der Waals surface area contributed by atoms with E-state index in [1.807, 2.05) is 0 Å². The molecule has 0 bridgehead atoms. The van der Waals surface area contributed by atoms with Gasteiger partial charge in [-0.2, -0.15) is 4.31 Å². The third kappa shape index (κ3) is 4.63. The lowest BCUT2D eigenvalue weighted by Gasteiger charge is -2.34. The summed E-state index contributed by atoms with van der Waals surface area (Å²) in [5.41, 5.74) is 1.42. The molecule has 164 valence electrons. The Morgan fingerprint density at radius 2 is 1.81 bits per heavy atom. The smallest absolute Gasteiger partial charge is 0.244 e. The van der Waals surface area contributed by atoms with Gasteiger partial charge in [0.15, 0.2) is 0 Å². The Balaban J connectivity index is 1.47. The highest BCUT2D eigenvalue weighted by Gasteiger charge is 2.30. The summed E-state index contributed by atoms with van der Waals surface area (Å²) >= 11 is 12.0. The van der Waals surface area contributed by atoms with E-state index in [-0.39, 0.29) is 15.7 Å². The highest BCUT2D eigenvalue weighted by atomic mass is 35.5. The summed E-state index contributed by atoms with van der Waals surface area (Å²) in [5, 5.41) is 1.11. The predicted molar refractivity (Wildman–Crippen MR) is 119 cm³/mol. The van der Waals surface area contributed by atoms with Crippen LogP contribution in [0.1, 0.15) is 5.69 Å². The normalized spacial score (nSPS) is 16.0. The van der Waals surface area contributed by atoms with Gasteiger partial charge >= 0.3 is 0 Å². The van der Waals surface area contributed by atoms with E-state index in [2.05, 4.69) is 9.88 Å². The van der Waals surface area contributed by atoms with Crippen molar-refractivity contribution in [3.8, 4) is 5.75 Å². The summed E-state index contributed by atoms with van der Waals surface area (Å²) < 4.78 is 46.3. The maximum absolute atomic E-state index is 13.6. The number of ether oxygens (including phenoxy) is 1. The maximum atomic E-state index is 13.6. The molecule has 1 saturated heterocycles. The molecule has 1 fully saturated rings. The topological polar surface area (TPSA) is 62.7 Å². The van der Waals surface area contributed by atoms with Crippen molar-refractivity contribution in [3.05, 3.63) is 64.0 Å². The van der Waals surface area contributed by atoms with E-state index in [0.29, 0.717) is 54.4 Å². The van der Waals surface area contributed by atoms with Crippen molar-refractivity contribution >= 4 is 44.1 Å². The Morgan fingerprint density at radius 1 is 1.06 bits per heavy atom. The Bertz CT molecular complexity index is 1230. The van der Waals surface area contributed by atoms with Gasteiger partial charge in [-0.1, -0.05) is 23.2 Å². The number of nitrogens with zero attached hydrogens (tertiary/aromatic N) is 3. The highest BCUT2D eigenvalue weighted by Crippen LogP contribution is 2.29. The van der Waals surface area contributed by atoms with Crippen LogP contribution in [0.2, 0.25) is 10.0 Å². The van der Waals surface area contributed by atoms with Crippen molar-refractivity contribution in [1.82, 2.24) is 14.2 Å². The number of piperazine rings is 1. The van der Waals surface area contributed by atoms with Crippen LogP contribution in [-0.2, 0) is 16.6 Å². The van der Waals surface area contributed by atoms with Crippen molar-refractivity contribution in [2.24, 2.45) is 0 Å². The van der Waals surface area contributed by atoms with Gasteiger partial charge in [0.05, 0.1) is 23.3 Å². The van der Waals surface area contributed by atoms with Gasteiger partial charge in [-0.25, -0.2) is 12.8 Å². The molecule has 10 heteroatoms. The fraction of sp³-hybridized carbons (Fsp3) is 0.286. The molecule has 4 rings (SSSR count). The van der Waals surface area contributed by atoms with E-state index in [9.17, 15) is 12.8 Å². The molecular formula is C21H20Cl2FN3O3S. The molecule has 6 nitrogen and oxygen atoms in total. The minimum atomic E-state index is -3.70. The lowest BCUT2D eigenvalue weighted by atomic mass is 10.1. The van der Waals surface area contributed by atoms with Crippen LogP contribution in [0.4, 0.5) is 4.39 Å². The second kappa shape index (κ2) is 8.88. The summed E-state index contributed by atoms with van der Waals surface area (Å²) in [4.78, 5) is 6.78. The van der Waals surface area contributed by atoms with Crippen molar-refractivity contribution < 1.29 is 17.5 Å². The summed E-state index contributed by atoms with van der Waals surface area (Å²) in [7, 11) is -2.17. The van der Waals surface area contributed by atoms with Crippen molar-refractivity contribution in [3.63, 3.8) is 0 Å². The molecule has 0 amide bonds. The monoisotopic (exact) mass is 483 g/mol. The zero-order valence-electron chi connectivity index (χ0n) is 16.7. The zero-order valence-corrected chi connectivity index (χ0v) is 19.0. The summed E-state index contributed by atoms with van der Waals surface area (Å²) in [5.74, 6) is 0.205. The maximum Gasteiger partial charge on any atom is 0.244 e. The molecule has 31 heavy (non-hydrogen) atoms. The second-order valence-corrected chi connectivity index (χ2v) is 9.98. The first-order chi connectivity index (χ1) is 14.8. The van der Waals surface area contributed by atoms with Crippen LogP contribution in [0, 0.1) is 5.82 Å². The van der Waals surface area contributed by atoms with Crippen LogP contribution >= 0.6 is 23.2 Å². The van der Waals surface area contributed by atoms with Crippen LogP contribution in [0.5, 0.6) is 5.75 Å². The number of aromatic nitrogens is 1. The van der Waals surface area contributed by atoms with Crippen LogP contribution in [0.15, 0.2) is 47.4 Å². The first-order valence-corrected chi connectivity index (χ1v) is 11.8. The standard InChI is InChI=1S/C21H20Cl2FN3O3S/c1-30-20-12-16(25-19-4-3-15(24)11-17(19)20)13-26-6-8-27(9-7-26)31(28,29)21-5-2-14(22)10-18(21)23/h2-5,10-12H,6-9,13H2,1H3. The Morgan fingerprint density at radius 3 is 2.48 bits per heavy atom. The minimum Gasteiger partial charge on any atom is -0.496 e. The third-order valence-electron chi connectivity index (χ3n) is 5.23. The first-order valence-electron chi connectivity index (χ1n) is 9.58. The predicted octanol–water partition coefficient (Wildman–Crippen LogP) is 4.20. The molecule has 2 aromatic carbocycles. The number of sulfonamides is 1. The van der Waals surface area contributed by atoms with Gasteiger partial charge in [0.2, 0.25) is 10.0 Å². The molecule has 0 radical (unpaired) electrons. The molecule has 0 saturated carbocycles.